The van der Waals surface area contributed by atoms with Gasteiger partial charge in [-0.25, -0.2) is 4.79 Å². The molecule has 66 valence electrons. The fourth-order valence-electron chi connectivity index (χ4n) is 0.781. The predicted molar refractivity (Wildman–Crippen MR) is 46.4 cm³/mol. The van der Waals surface area contributed by atoms with Gasteiger partial charge in [-0.05, 0) is 12.1 Å². The van der Waals surface area contributed by atoms with Crippen LogP contribution in [0.25, 0.3) is 0 Å². The van der Waals surface area contributed by atoms with Crippen LogP contribution in [0.2, 0.25) is 5.02 Å². The minimum atomic E-state index is -0.973. The molecule has 0 saturated heterocycles. The zero-order valence-corrected chi connectivity index (χ0v) is 7.21. The summed E-state index contributed by atoms with van der Waals surface area (Å²) in [5.41, 5.74) is 5.00. The van der Waals surface area contributed by atoms with E-state index in [1.54, 1.807) is 0 Å². The molecule has 1 rings (SSSR count). The molecule has 0 atom stereocenters. The second-order valence-corrected chi connectivity index (χ2v) is 2.61. The summed E-state index contributed by atoms with van der Waals surface area (Å²) in [5.74, 6) is 0.0718. The van der Waals surface area contributed by atoms with Crippen LogP contribution >= 0.6 is 11.6 Å². The van der Waals surface area contributed by atoms with E-state index in [-0.39, 0.29) is 11.3 Å². The maximum absolute atomic E-state index is 10.4. The van der Waals surface area contributed by atoms with Gasteiger partial charge in [-0.3, -0.25) is 0 Å². The number of rotatable bonds is 1. The van der Waals surface area contributed by atoms with Crippen molar-refractivity contribution in [1.82, 2.24) is 0 Å². The third kappa shape index (κ3) is 2.36. The third-order valence-electron chi connectivity index (χ3n) is 1.27. The molecular weight excluding hydrogens is 192 g/mol. The standard InChI is InChI=1S/C8H5ClN2O2/c9-6-2-1-5(4-10)7(3-6)13-8(11)12/h1-3H,(H2,11,12). The van der Waals surface area contributed by atoms with Crippen LogP contribution in [0, 0.1) is 11.3 Å². The molecule has 4 nitrogen and oxygen atoms in total. The number of amides is 1. The lowest BCUT2D eigenvalue weighted by molar-refractivity contribution is 0.210. The number of carbonyl (C=O) groups excluding carboxylic acids is 1. The lowest BCUT2D eigenvalue weighted by Gasteiger charge is -2.02. The Morgan fingerprint density at radius 1 is 1.62 bits per heavy atom. The van der Waals surface area contributed by atoms with Crippen LogP contribution in [-0.2, 0) is 0 Å². The Morgan fingerprint density at radius 3 is 2.85 bits per heavy atom. The molecule has 0 bridgehead atoms. The Labute approximate surface area is 79.5 Å². The lowest BCUT2D eigenvalue weighted by Crippen LogP contribution is -2.16. The van der Waals surface area contributed by atoms with Crippen LogP contribution in [0.15, 0.2) is 18.2 Å². The first-order valence-electron chi connectivity index (χ1n) is 3.30. The maximum atomic E-state index is 10.4. The molecule has 2 N–H and O–H groups in total. The highest BCUT2D eigenvalue weighted by molar-refractivity contribution is 6.30. The van der Waals surface area contributed by atoms with Crippen LogP contribution in [0.5, 0.6) is 5.75 Å². The molecule has 0 saturated carbocycles. The van der Waals surface area contributed by atoms with Gasteiger partial charge in [0.1, 0.15) is 6.07 Å². The van der Waals surface area contributed by atoms with Crippen molar-refractivity contribution in [2.75, 3.05) is 0 Å². The van der Waals surface area contributed by atoms with E-state index in [1.807, 2.05) is 6.07 Å². The zero-order chi connectivity index (χ0) is 9.84. The van der Waals surface area contributed by atoms with Gasteiger partial charge in [0.25, 0.3) is 0 Å². The minimum absolute atomic E-state index is 0.0718. The molecule has 1 aromatic carbocycles. The smallest absolute Gasteiger partial charge is 0.409 e. The molecule has 5 heteroatoms. The van der Waals surface area contributed by atoms with E-state index in [2.05, 4.69) is 4.74 Å². The molecule has 0 fully saturated rings. The van der Waals surface area contributed by atoms with Crippen LogP contribution in [0.3, 0.4) is 0 Å². The molecule has 1 amide bonds. The average molecular weight is 197 g/mol. The summed E-state index contributed by atoms with van der Waals surface area (Å²) < 4.78 is 4.55. The van der Waals surface area contributed by atoms with Gasteiger partial charge in [0, 0.05) is 11.1 Å². The first-order valence-corrected chi connectivity index (χ1v) is 3.68. The van der Waals surface area contributed by atoms with E-state index in [0.29, 0.717) is 5.02 Å². The van der Waals surface area contributed by atoms with Gasteiger partial charge in [0.05, 0.1) is 5.56 Å². The summed E-state index contributed by atoms with van der Waals surface area (Å²) in [6.07, 6.45) is -0.973. The highest BCUT2D eigenvalue weighted by atomic mass is 35.5. The lowest BCUT2D eigenvalue weighted by atomic mass is 10.2. The normalized spacial score (nSPS) is 8.92. The van der Waals surface area contributed by atoms with Crippen molar-refractivity contribution in [2.45, 2.75) is 0 Å². The van der Waals surface area contributed by atoms with E-state index < -0.39 is 6.09 Å². The van der Waals surface area contributed by atoms with Gasteiger partial charge in [-0.1, -0.05) is 11.6 Å². The topological polar surface area (TPSA) is 76.1 Å². The van der Waals surface area contributed by atoms with Crippen molar-refractivity contribution in [3.63, 3.8) is 0 Å². The quantitative estimate of drug-likeness (QED) is 0.742. The first kappa shape index (κ1) is 9.36. The molecule has 0 aliphatic heterocycles. The molecule has 0 aliphatic carbocycles. The number of nitrogens with zero attached hydrogens (tertiary/aromatic N) is 1. The number of nitriles is 1. The largest absolute Gasteiger partial charge is 0.410 e. The van der Waals surface area contributed by atoms with Crippen LogP contribution < -0.4 is 10.5 Å². The number of halogens is 1. The van der Waals surface area contributed by atoms with Gasteiger partial charge >= 0.3 is 6.09 Å². The Balaban J connectivity index is 3.10. The predicted octanol–water partition coefficient (Wildman–Crippen LogP) is 1.67. The van der Waals surface area contributed by atoms with E-state index in [1.165, 1.54) is 18.2 Å². The molecule has 1 aromatic rings. The van der Waals surface area contributed by atoms with Crippen LogP contribution in [-0.4, -0.2) is 6.09 Å². The summed E-state index contributed by atoms with van der Waals surface area (Å²) >= 11 is 5.62. The molecule has 0 radical (unpaired) electrons. The van der Waals surface area contributed by atoms with Crippen molar-refractivity contribution in [1.29, 1.82) is 5.26 Å². The summed E-state index contributed by atoms with van der Waals surface area (Å²) in [6, 6.07) is 6.16. The molecule has 0 aromatic heterocycles. The molecule has 0 aliphatic rings. The van der Waals surface area contributed by atoms with E-state index >= 15 is 0 Å². The average Bonchev–Trinajstić information content (AvgIpc) is 2.03. The van der Waals surface area contributed by atoms with Crippen LogP contribution in [0.4, 0.5) is 4.79 Å². The van der Waals surface area contributed by atoms with Crippen molar-refractivity contribution in [2.24, 2.45) is 5.73 Å². The number of hydrogen-bond donors (Lipinski definition) is 1. The van der Waals surface area contributed by atoms with Gasteiger partial charge in [0.2, 0.25) is 0 Å². The summed E-state index contributed by atoms with van der Waals surface area (Å²) in [4.78, 5) is 10.4. The fraction of sp³-hybridized carbons (Fsp3) is 0. The molecular formula is C8H5ClN2O2. The number of benzene rings is 1. The molecule has 0 unspecified atom stereocenters. The second-order valence-electron chi connectivity index (χ2n) is 2.17. The van der Waals surface area contributed by atoms with E-state index in [0.717, 1.165) is 0 Å². The number of ether oxygens (including phenoxy) is 1. The second kappa shape index (κ2) is 3.78. The SMILES string of the molecule is N#Cc1ccc(Cl)cc1OC(N)=O. The maximum Gasteiger partial charge on any atom is 0.410 e. The number of nitrogens with two attached hydrogens (primary N) is 1. The summed E-state index contributed by atoms with van der Waals surface area (Å²) in [5, 5.41) is 8.97. The fourth-order valence-corrected chi connectivity index (χ4v) is 0.943. The Bertz CT molecular complexity index is 384. The molecule has 0 heterocycles. The van der Waals surface area contributed by atoms with Gasteiger partial charge in [0.15, 0.2) is 5.75 Å². The zero-order valence-electron chi connectivity index (χ0n) is 6.45. The van der Waals surface area contributed by atoms with E-state index in [4.69, 9.17) is 22.6 Å². The van der Waals surface area contributed by atoms with Gasteiger partial charge in [-0.15, -0.1) is 0 Å². The highest BCUT2D eigenvalue weighted by Crippen LogP contribution is 2.22. The Kier molecular flexibility index (Phi) is 2.72. The van der Waals surface area contributed by atoms with Crippen molar-refractivity contribution in [3.8, 4) is 11.8 Å². The number of hydrogen-bond acceptors (Lipinski definition) is 3. The summed E-state index contributed by atoms with van der Waals surface area (Å²) in [7, 11) is 0. The van der Waals surface area contributed by atoms with Gasteiger partial charge < -0.3 is 10.5 Å². The molecule has 13 heavy (non-hydrogen) atoms. The Hall–Kier alpha value is -1.73. The molecule has 0 spiro atoms. The van der Waals surface area contributed by atoms with E-state index in [9.17, 15) is 4.79 Å². The Morgan fingerprint density at radius 2 is 2.31 bits per heavy atom. The van der Waals surface area contributed by atoms with Crippen molar-refractivity contribution >= 4 is 17.7 Å². The number of primary amides is 1. The van der Waals surface area contributed by atoms with Crippen molar-refractivity contribution in [3.05, 3.63) is 28.8 Å². The van der Waals surface area contributed by atoms with Crippen LogP contribution in [0.1, 0.15) is 5.56 Å². The number of carbonyl (C=O) groups is 1. The van der Waals surface area contributed by atoms with Crippen molar-refractivity contribution < 1.29 is 9.53 Å². The summed E-state index contributed by atoms with van der Waals surface area (Å²) in [6.45, 7) is 0. The third-order valence-corrected chi connectivity index (χ3v) is 1.51. The monoisotopic (exact) mass is 196 g/mol. The minimum Gasteiger partial charge on any atom is -0.409 e. The highest BCUT2D eigenvalue weighted by Gasteiger charge is 2.06. The van der Waals surface area contributed by atoms with Gasteiger partial charge in [-0.2, -0.15) is 5.26 Å². The first-order chi connectivity index (χ1) is 6.13.